The van der Waals surface area contributed by atoms with Crippen LogP contribution in [0.1, 0.15) is 64.3 Å². The fourth-order valence-electron chi connectivity index (χ4n) is 4.45. The monoisotopic (exact) mass is 491 g/mol. The number of amides is 1. The molecule has 5 rings (SSSR count). The molecule has 3 heterocycles. The Kier molecular flexibility index (Phi) is 5.87. The van der Waals surface area contributed by atoms with E-state index in [9.17, 15) is 15.0 Å². The third-order valence-electron chi connectivity index (χ3n) is 7.11. The van der Waals surface area contributed by atoms with Crippen LogP contribution in [0.2, 0.25) is 0 Å². The first-order valence-electron chi connectivity index (χ1n) is 11.6. The lowest BCUT2D eigenvalue weighted by Gasteiger charge is -2.27. The summed E-state index contributed by atoms with van der Waals surface area (Å²) in [5.74, 6) is -1.13. The van der Waals surface area contributed by atoms with Crippen LogP contribution in [0.25, 0.3) is 0 Å². The van der Waals surface area contributed by atoms with Gasteiger partial charge in [0.1, 0.15) is 17.5 Å². The zero-order valence-electron chi connectivity index (χ0n) is 20.0. The number of nitriles is 1. The number of pyridine rings is 1. The highest BCUT2D eigenvalue weighted by molar-refractivity contribution is 5.99. The summed E-state index contributed by atoms with van der Waals surface area (Å²) in [6.45, 7) is 1.68. The summed E-state index contributed by atoms with van der Waals surface area (Å²) in [6, 6.07) is 7.95. The van der Waals surface area contributed by atoms with E-state index in [2.05, 4.69) is 10.1 Å². The molecule has 2 N–H and O–H groups in total. The Morgan fingerprint density at radius 2 is 2.08 bits per heavy atom. The fraction of sp³-hybridized carbons (Fsp3) is 0.385. The lowest BCUT2D eigenvalue weighted by Crippen LogP contribution is -2.31. The third-order valence-corrected chi connectivity index (χ3v) is 7.11. The van der Waals surface area contributed by atoms with E-state index < -0.39 is 23.6 Å². The van der Waals surface area contributed by atoms with Crippen molar-refractivity contribution in [3.8, 4) is 6.07 Å². The van der Waals surface area contributed by atoms with Crippen LogP contribution in [0.4, 0.5) is 4.39 Å². The topological polar surface area (TPSA) is 125 Å². The molecule has 0 spiro atoms. The van der Waals surface area contributed by atoms with Crippen molar-refractivity contribution < 1.29 is 24.1 Å². The number of aryl methyl sites for hydroxylation is 1. The van der Waals surface area contributed by atoms with Gasteiger partial charge >= 0.3 is 0 Å². The van der Waals surface area contributed by atoms with E-state index in [1.54, 1.807) is 25.4 Å². The van der Waals surface area contributed by atoms with Gasteiger partial charge < -0.3 is 19.8 Å². The first kappa shape index (κ1) is 24.1. The molecule has 1 aliphatic heterocycles. The Morgan fingerprint density at radius 3 is 2.67 bits per heavy atom. The molecule has 36 heavy (non-hydrogen) atoms. The highest BCUT2D eigenvalue weighted by atomic mass is 19.1. The van der Waals surface area contributed by atoms with E-state index in [1.165, 1.54) is 41.0 Å². The predicted octanol–water partition coefficient (Wildman–Crippen LogP) is 2.53. The average molecular weight is 492 g/mol. The Labute approximate surface area is 207 Å². The van der Waals surface area contributed by atoms with Crippen LogP contribution in [-0.2, 0) is 23.9 Å². The number of benzene rings is 1. The molecule has 1 saturated carbocycles. The minimum atomic E-state index is -1.59. The molecule has 0 saturated heterocycles. The quantitative estimate of drug-likeness (QED) is 0.496. The number of hydrogen-bond donors (Lipinski definition) is 2. The Hall–Kier alpha value is -3.65. The molecule has 1 aliphatic carbocycles. The van der Waals surface area contributed by atoms with Gasteiger partial charge in [0.2, 0.25) is 0 Å². The first-order chi connectivity index (χ1) is 17.2. The minimum Gasteiger partial charge on any atom is -0.396 e. The highest BCUT2D eigenvalue weighted by Crippen LogP contribution is 2.48. The number of aliphatic hydroxyl groups excluding tert-OH is 1. The number of aromatic nitrogens is 3. The van der Waals surface area contributed by atoms with E-state index in [-0.39, 0.29) is 41.9 Å². The van der Waals surface area contributed by atoms with E-state index >= 15 is 4.39 Å². The number of carbonyl (C=O) groups excluding carboxylic acids is 1. The number of rotatable bonds is 8. The van der Waals surface area contributed by atoms with Crippen LogP contribution in [0, 0.1) is 22.6 Å². The summed E-state index contributed by atoms with van der Waals surface area (Å²) in [5, 5.41) is 34.1. The third kappa shape index (κ3) is 4.15. The Balaban J connectivity index is 1.52. The Morgan fingerprint density at radius 1 is 1.31 bits per heavy atom. The van der Waals surface area contributed by atoms with Gasteiger partial charge in [0.25, 0.3) is 5.91 Å². The van der Waals surface area contributed by atoms with Crippen molar-refractivity contribution in [1.29, 1.82) is 5.26 Å². The van der Waals surface area contributed by atoms with Crippen molar-refractivity contribution in [2.75, 3.05) is 13.2 Å². The summed E-state index contributed by atoms with van der Waals surface area (Å²) in [4.78, 5) is 19.2. The van der Waals surface area contributed by atoms with Gasteiger partial charge in [-0.2, -0.15) is 10.4 Å². The van der Waals surface area contributed by atoms with Crippen LogP contribution < -0.4 is 0 Å². The molecule has 0 radical (unpaired) electrons. The second-order valence-corrected chi connectivity index (χ2v) is 9.80. The van der Waals surface area contributed by atoms with E-state index in [4.69, 9.17) is 10.00 Å². The zero-order valence-corrected chi connectivity index (χ0v) is 20.0. The number of nitrogens with zero attached hydrogens (tertiary/aromatic N) is 5. The molecule has 9 nitrogen and oxygen atoms in total. The number of ether oxygens (including phenoxy) is 1. The highest BCUT2D eigenvalue weighted by Gasteiger charge is 2.47. The predicted molar refractivity (Wildman–Crippen MR) is 125 cm³/mol. The lowest BCUT2D eigenvalue weighted by atomic mass is 9.88. The summed E-state index contributed by atoms with van der Waals surface area (Å²) >= 11 is 0. The van der Waals surface area contributed by atoms with Gasteiger partial charge in [-0.25, -0.2) is 4.39 Å². The van der Waals surface area contributed by atoms with Crippen molar-refractivity contribution in [2.45, 2.75) is 38.1 Å². The molecule has 2 atom stereocenters. The maximum absolute atomic E-state index is 15.7. The maximum Gasteiger partial charge on any atom is 0.257 e. The van der Waals surface area contributed by atoms with Gasteiger partial charge in [-0.15, -0.1) is 0 Å². The van der Waals surface area contributed by atoms with Crippen LogP contribution >= 0.6 is 0 Å². The van der Waals surface area contributed by atoms with E-state index in [1.807, 2.05) is 6.07 Å². The fourth-order valence-corrected chi connectivity index (χ4v) is 4.45. The molecule has 3 aromatic rings. The molecule has 186 valence electrons. The number of halogens is 1. The first-order valence-corrected chi connectivity index (χ1v) is 11.6. The molecule has 0 bridgehead atoms. The molecule has 2 aliphatic rings. The Bertz CT molecular complexity index is 1360. The van der Waals surface area contributed by atoms with Crippen LogP contribution in [0.5, 0.6) is 0 Å². The number of carbonyl (C=O) groups is 1. The molecule has 10 heteroatoms. The van der Waals surface area contributed by atoms with Crippen molar-refractivity contribution >= 4 is 5.91 Å². The zero-order chi connectivity index (χ0) is 25.7. The minimum absolute atomic E-state index is 0.0315. The summed E-state index contributed by atoms with van der Waals surface area (Å²) < 4.78 is 23.3. The van der Waals surface area contributed by atoms with Gasteiger partial charge in [0, 0.05) is 36.0 Å². The molecular formula is C26H26FN5O4. The normalized spacial score (nSPS) is 19.6. The number of fused-ring (bicyclic) bond motifs is 1. The van der Waals surface area contributed by atoms with Crippen molar-refractivity contribution in [3.05, 3.63) is 82.2 Å². The van der Waals surface area contributed by atoms with E-state index in [0.29, 0.717) is 16.8 Å². The van der Waals surface area contributed by atoms with Gasteiger partial charge in [-0.05, 0) is 49.6 Å². The molecule has 2 aromatic heterocycles. The van der Waals surface area contributed by atoms with Crippen LogP contribution in [-0.4, -0.2) is 49.0 Å². The van der Waals surface area contributed by atoms with Gasteiger partial charge in [-0.1, -0.05) is 0 Å². The number of hydrogen-bond acceptors (Lipinski definition) is 7. The second-order valence-electron chi connectivity index (χ2n) is 9.80. The lowest BCUT2D eigenvalue weighted by molar-refractivity contribution is -0.0676. The summed E-state index contributed by atoms with van der Waals surface area (Å²) in [7, 11) is 1.71. The van der Waals surface area contributed by atoms with Crippen LogP contribution in [0.15, 0.2) is 42.9 Å². The van der Waals surface area contributed by atoms with Crippen molar-refractivity contribution in [1.82, 2.24) is 19.7 Å². The molecular weight excluding hydrogens is 465 g/mol. The average Bonchev–Trinajstić information content (AvgIpc) is 3.44. The number of aliphatic hydroxyl groups is 2. The largest absolute Gasteiger partial charge is 0.396 e. The second kappa shape index (κ2) is 8.78. The smallest absolute Gasteiger partial charge is 0.257 e. The molecule has 1 fully saturated rings. The van der Waals surface area contributed by atoms with E-state index in [0.717, 1.165) is 12.8 Å². The maximum atomic E-state index is 15.7. The molecule has 1 aromatic carbocycles. The molecule has 2 unspecified atom stereocenters. The van der Waals surface area contributed by atoms with Gasteiger partial charge in [-0.3, -0.25) is 14.5 Å². The van der Waals surface area contributed by atoms with Crippen LogP contribution in [0.3, 0.4) is 0 Å². The standard InChI is InChI=1S/C26H26FN5O4/c1-25(35,18-11-30-31(2)12-18)17-7-20-22(21(27)8-17)24(36-15-26(14-33)5-6-26)32(23(20)34)13-19-4-3-16(9-28)10-29-19/h3-4,7-8,10-12,24,33,35H,5-6,13-15H2,1-2H3. The summed E-state index contributed by atoms with van der Waals surface area (Å²) in [5.41, 5.74) is -0.201. The molecule has 1 amide bonds. The van der Waals surface area contributed by atoms with Crippen molar-refractivity contribution in [3.63, 3.8) is 0 Å². The summed E-state index contributed by atoms with van der Waals surface area (Å²) in [6.07, 6.45) is 5.10. The van der Waals surface area contributed by atoms with Crippen molar-refractivity contribution in [2.24, 2.45) is 12.5 Å². The van der Waals surface area contributed by atoms with Gasteiger partial charge in [0.05, 0.1) is 42.8 Å². The van der Waals surface area contributed by atoms with Gasteiger partial charge in [0.15, 0.2) is 6.23 Å². The SMILES string of the molecule is Cn1cc(C(C)(O)c2cc(F)c3c(c2)C(=O)N(Cc2ccc(C#N)cn2)C3OCC2(CO)CC2)cn1.